The zero-order chi connectivity index (χ0) is 14.8. The number of hydrogen-bond acceptors (Lipinski definition) is 2. The monoisotopic (exact) mass is 310 g/mol. The van der Waals surface area contributed by atoms with Crippen LogP contribution in [0.2, 0.25) is 10.0 Å². The molecule has 0 N–H and O–H groups in total. The van der Waals surface area contributed by atoms with Crippen molar-refractivity contribution in [1.82, 2.24) is 4.90 Å². The average molecular weight is 311 g/mol. The van der Waals surface area contributed by atoms with Gasteiger partial charge in [0.25, 0.3) is 0 Å². The standard InChI is InChI=1S/C16H20Cl2N2/c1-3-20(2)13-6-8-16(11-19,9-7-13)12-4-5-14(17)15(18)10-12/h4-5,10,13H,3,6-9H2,1-2H3/t13-,16+. The summed E-state index contributed by atoms with van der Waals surface area (Å²) in [6.07, 6.45) is 3.88. The Kier molecular flexibility index (Phi) is 4.96. The molecule has 1 aliphatic carbocycles. The molecule has 1 aromatic rings. The molecule has 0 radical (unpaired) electrons. The smallest absolute Gasteiger partial charge is 0.0824 e. The molecule has 1 aromatic carbocycles. The van der Waals surface area contributed by atoms with Gasteiger partial charge in [-0.05, 0) is 57.0 Å². The molecule has 0 bridgehead atoms. The van der Waals surface area contributed by atoms with Crippen molar-refractivity contribution in [2.75, 3.05) is 13.6 Å². The molecule has 20 heavy (non-hydrogen) atoms. The van der Waals surface area contributed by atoms with Gasteiger partial charge in [-0.2, -0.15) is 5.26 Å². The van der Waals surface area contributed by atoms with Crippen LogP contribution in [0.25, 0.3) is 0 Å². The summed E-state index contributed by atoms with van der Waals surface area (Å²) in [5.41, 5.74) is 0.603. The van der Waals surface area contributed by atoms with Gasteiger partial charge in [-0.3, -0.25) is 0 Å². The highest BCUT2D eigenvalue weighted by atomic mass is 35.5. The van der Waals surface area contributed by atoms with Crippen molar-refractivity contribution >= 4 is 23.2 Å². The molecule has 0 aliphatic heterocycles. The van der Waals surface area contributed by atoms with Crippen LogP contribution in [0.1, 0.15) is 38.2 Å². The van der Waals surface area contributed by atoms with Crippen LogP contribution in [0.15, 0.2) is 18.2 Å². The molecule has 0 amide bonds. The van der Waals surface area contributed by atoms with Crippen LogP contribution in [0.5, 0.6) is 0 Å². The number of hydrogen-bond donors (Lipinski definition) is 0. The first-order chi connectivity index (χ1) is 9.52. The molecule has 0 saturated heterocycles. The zero-order valence-corrected chi connectivity index (χ0v) is 13.5. The van der Waals surface area contributed by atoms with Crippen molar-refractivity contribution in [1.29, 1.82) is 5.26 Å². The van der Waals surface area contributed by atoms with Gasteiger partial charge in [0.15, 0.2) is 0 Å². The van der Waals surface area contributed by atoms with E-state index in [4.69, 9.17) is 23.2 Å². The van der Waals surface area contributed by atoms with Gasteiger partial charge < -0.3 is 4.90 Å². The number of halogens is 2. The molecule has 2 nitrogen and oxygen atoms in total. The van der Waals surface area contributed by atoms with Gasteiger partial charge in [0.1, 0.15) is 0 Å². The summed E-state index contributed by atoms with van der Waals surface area (Å²) < 4.78 is 0. The fourth-order valence-corrected chi connectivity index (χ4v) is 3.35. The van der Waals surface area contributed by atoms with Crippen molar-refractivity contribution in [2.24, 2.45) is 0 Å². The molecule has 1 aliphatic rings. The van der Waals surface area contributed by atoms with Crippen molar-refractivity contribution < 1.29 is 0 Å². The van der Waals surface area contributed by atoms with Crippen LogP contribution in [0.3, 0.4) is 0 Å². The van der Waals surface area contributed by atoms with E-state index in [1.165, 1.54) is 0 Å². The van der Waals surface area contributed by atoms with Crippen LogP contribution in [0.4, 0.5) is 0 Å². The molecule has 108 valence electrons. The Morgan fingerprint density at radius 1 is 1.30 bits per heavy atom. The molecule has 4 heteroatoms. The molecule has 0 aromatic heterocycles. The van der Waals surface area contributed by atoms with Crippen LogP contribution < -0.4 is 0 Å². The molecule has 0 spiro atoms. The Morgan fingerprint density at radius 2 is 1.95 bits per heavy atom. The van der Waals surface area contributed by atoms with Crippen LogP contribution in [-0.4, -0.2) is 24.5 Å². The van der Waals surface area contributed by atoms with Gasteiger partial charge >= 0.3 is 0 Å². The third-order valence-electron chi connectivity index (χ3n) is 4.62. The zero-order valence-electron chi connectivity index (χ0n) is 12.0. The van der Waals surface area contributed by atoms with E-state index < -0.39 is 5.41 Å². The SMILES string of the molecule is CCN(C)[C@H]1CC[C@@](C#N)(c2ccc(Cl)c(Cl)c2)CC1. The van der Waals surface area contributed by atoms with Crippen LogP contribution in [-0.2, 0) is 5.41 Å². The third-order valence-corrected chi connectivity index (χ3v) is 5.36. The summed E-state index contributed by atoms with van der Waals surface area (Å²) in [6, 6.07) is 8.72. The molecule has 2 rings (SSSR count). The summed E-state index contributed by atoms with van der Waals surface area (Å²) >= 11 is 12.1. The average Bonchev–Trinajstić information content (AvgIpc) is 2.49. The van der Waals surface area contributed by atoms with Gasteiger partial charge in [0.2, 0.25) is 0 Å². The summed E-state index contributed by atoms with van der Waals surface area (Å²) in [5, 5.41) is 10.8. The van der Waals surface area contributed by atoms with Gasteiger partial charge in [0, 0.05) is 6.04 Å². The van der Waals surface area contributed by atoms with Crippen molar-refractivity contribution in [3.05, 3.63) is 33.8 Å². The first-order valence-electron chi connectivity index (χ1n) is 7.09. The van der Waals surface area contributed by atoms with Gasteiger partial charge in [-0.15, -0.1) is 0 Å². The lowest BCUT2D eigenvalue weighted by Crippen LogP contribution is -2.40. The molecule has 0 heterocycles. The summed E-state index contributed by atoms with van der Waals surface area (Å²) in [4.78, 5) is 2.37. The minimum atomic E-state index is -0.403. The maximum absolute atomic E-state index is 9.70. The fraction of sp³-hybridized carbons (Fsp3) is 0.562. The van der Waals surface area contributed by atoms with Gasteiger partial charge in [-0.1, -0.05) is 36.2 Å². The van der Waals surface area contributed by atoms with E-state index in [1.807, 2.05) is 12.1 Å². The molecular formula is C16H20Cl2N2. The molecule has 0 unspecified atom stereocenters. The lowest BCUT2D eigenvalue weighted by molar-refractivity contribution is 0.173. The van der Waals surface area contributed by atoms with E-state index in [-0.39, 0.29) is 0 Å². The highest BCUT2D eigenvalue weighted by Gasteiger charge is 2.38. The number of nitrogens with zero attached hydrogens (tertiary/aromatic N) is 2. The van der Waals surface area contributed by atoms with Gasteiger partial charge in [-0.25, -0.2) is 0 Å². The van der Waals surface area contributed by atoms with E-state index in [0.717, 1.165) is 37.8 Å². The Balaban J connectivity index is 2.21. The highest BCUT2D eigenvalue weighted by Crippen LogP contribution is 2.41. The van der Waals surface area contributed by atoms with Gasteiger partial charge in [0.05, 0.1) is 21.5 Å². The Hall–Kier alpha value is -0.750. The van der Waals surface area contributed by atoms with Crippen molar-refractivity contribution in [2.45, 2.75) is 44.1 Å². The minimum absolute atomic E-state index is 0.403. The second-order valence-electron chi connectivity index (χ2n) is 5.63. The van der Waals surface area contributed by atoms with E-state index in [1.54, 1.807) is 6.07 Å². The lowest BCUT2D eigenvalue weighted by Gasteiger charge is -2.39. The Bertz CT molecular complexity index is 514. The van der Waals surface area contributed by atoms with E-state index in [0.29, 0.717) is 16.1 Å². The second kappa shape index (κ2) is 6.35. The van der Waals surface area contributed by atoms with Crippen molar-refractivity contribution in [3.8, 4) is 6.07 Å². The normalized spacial score (nSPS) is 26.5. The molecule has 1 fully saturated rings. The van der Waals surface area contributed by atoms with Crippen LogP contribution >= 0.6 is 23.2 Å². The molecule has 1 saturated carbocycles. The Morgan fingerprint density at radius 3 is 2.45 bits per heavy atom. The van der Waals surface area contributed by atoms with E-state index in [9.17, 15) is 5.26 Å². The highest BCUT2D eigenvalue weighted by molar-refractivity contribution is 6.42. The number of nitriles is 1. The second-order valence-corrected chi connectivity index (χ2v) is 6.44. The van der Waals surface area contributed by atoms with E-state index in [2.05, 4.69) is 24.9 Å². The molecule has 0 atom stereocenters. The maximum Gasteiger partial charge on any atom is 0.0824 e. The largest absolute Gasteiger partial charge is 0.304 e. The predicted octanol–water partition coefficient (Wildman–Crippen LogP) is 4.65. The molecular weight excluding hydrogens is 291 g/mol. The first kappa shape index (κ1) is 15.6. The topological polar surface area (TPSA) is 27.0 Å². The van der Waals surface area contributed by atoms with Crippen molar-refractivity contribution in [3.63, 3.8) is 0 Å². The summed E-state index contributed by atoms with van der Waals surface area (Å²) in [6.45, 7) is 3.22. The third kappa shape index (κ3) is 2.96. The van der Waals surface area contributed by atoms with Crippen LogP contribution in [0, 0.1) is 11.3 Å². The fourth-order valence-electron chi connectivity index (χ4n) is 3.05. The maximum atomic E-state index is 9.70. The quantitative estimate of drug-likeness (QED) is 0.812. The number of benzene rings is 1. The minimum Gasteiger partial charge on any atom is -0.304 e. The van der Waals surface area contributed by atoms with E-state index >= 15 is 0 Å². The first-order valence-corrected chi connectivity index (χ1v) is 7.85. The number of rotatable bonds is 3. The predicted molar refractivity (Wildman–Crippen MR) is 84.3 cm³/mol. The summed E-state index contributed by atoms with van der Waals surface area (Å²) in [5.74, 6) is 0. The summed E-state index contributed by atoms with van der Waals surface area (Å²) in [7, 11) is 2.16. The Labute approximate surface area is 131 Å². The lowest BCUT2D eigenvalue weighted by atomic mass is 9.69.